The number of aromatic nitrogens is 1. The van der Waals surface area contributed by atoms with Crippen LogP contribution in [0.2, 0.25) is 0 Å². The molecule has 1 aliphatic carbocycles. The highest BCUT2D eigenvalue weighted by Gasteiger charge is 2.36. The number of halogens is 3. The van der Waals surface area contributed by atoms with Crippen LogP contribution < -0.4 is 10.2 Å². The third-order valence-electron chi connectivity index (χ3n) is 7.24. The molecule has 4 rings (SSSR count). The van der Waals surface area contributed by atoms with Gasteiger partial charge in [-0.05, 0) is 44.1 Å². The van der Waals surface area contributed by atoms with Crippen molar-refractivity contribution in [2.24, 2.45) is 11.8 Å². The lowest BCUT2D eigenvalue weighted by Crippen LogP contribution is -2.50. The molecule has 4 unspecified atom stereocenters. The summed E-state index contributed by atoms with van der Waals surface area (Å²) in [5, 5.41) is 3.79. The summed E-state index contributed by atoms with van der Waals surface area (Å²) >= 11 is 0. The van der Waals surface area contributed by atoms with Gasteiger partial charge in [0.2, 0.25) is 5.91 Å². The lowest BCUT2D eigenvalue weighted by Gasteiger charge is -2.37. The van der Waals surface area contributed by atoms with Crippen LogP contribution in [0, 0.1) is 11.8 Å². The van der Waals surface area contributed by atoms with Gasteiger partial charge in [-0.2, -0.15) is 13.2 Å². The minimum absolute atomic E-state index is 0.0363. The van der Waals surface area contributed by atoms with Crippen LogP contribution in [0.3, 0.4) is 0 Å². The largest absolute Gasteiger partial charge is 0.417 e. The number of pyridine rings is 1. The molecule has 35 heavy (non-hydrogen) atoms. The highest BCUT2D eigenvalue weighted by molar-refractivity contribution is 5.79. The molecule has 9 heteroatoms. The second-order valence-corrected chi connectivity index (χ2v) is 9.96. The Bertz CT molecular complexity index is 799. The first-order chi connectivity index (χ1) is 16.8. The SMILES string of the molecule is CCC.CCC1COCCC1NC1CCC(C(=O)N2CCN(c3cncc(C(F)(F)F)c3)CC2)C1. The fourth-order valence-electron chi connectivity index (χ4n) is 5.28. The zero-order valence-electron chi connectivity index (χ0n) is 21.3. The van der Waals surface area contributed by atoms with Crippen molar-refractivity contribution in [3.05, 3.63) is 24.0 Å². The van der Waals surface area contributed by atoms with E-state index in [1.165, 1.54) is 12.6 Å². The van der Waals surface area contributed by atoms with E-state index in [0.29, 0.717) is 49.9 Å². The predicted octanol–water partition coefficient (Wildman–Crippen LogP) is 4.74. The van der Waals surface area contributed by atoms with Gasteiger partial charge in [-0.1, -0.05) is 27.2 Å². The number of hydrogen-bond donors (Lipinski definition) is 1. The monoisotopic (exact) mass is 498 g/mol. The molecule has 1 aromatic rings. The van der Waals surface area contributed by atoms with Crippen LogP contribution in [0.5, 0.6) is 0 Å². The molecule has 0 bridgehead atoms. The Kier molecular flexibility index (Phi) is 10.2. The first kappa shape index (κ1) is 27.7. The molecule has 1 N–H and O–H groups in total. The molecular weight excluding hydrogens is 457 g/mol. The van der Waals surface area contributed by atoms with Gasteiger partial charge >= 0.3 is 6.18 Å². The third-order valence-corrected chi connectivity index (χ3v) is 7.24. The van der Waals surface area contributed by atoms with E-state index < -0.39 is 11.7 Å². The van der Waals surface area contributed by atoms with Gasteiger partial charge in [-0.15, -0.1) is 0 Å². The number of rotatable bonds is 5. The number of anilines is 1. The van der Waals surface area contributed by atoms with Crippen molar-refractivity contribution >= 4 is 11.6 Å². The van der Waals surface area contributed by atoms with Gasteiger partial charge in [-0.3, -0.25) is 9.78 Å². The molecule has 1 aromatic heterocycles. The van der Waals surface area contributed by atoms with Gasteiger partial charge < -0.3 is 19.9 Å². The number of nitrogens with zero attached hydrogens (tertiary/aromatic N) is 3. The number of carbonyl (C=O) groups excluding carboxylic acids is 1. The Morgan fingerprint density at radius 2 is 1.83 bits per heavy atom. The van der Waals surface area contributed by atoms with Gasteiger partial charge in [0.1, 0.15) is 0 Å². The molecule has 4 atom stereocenters. The summed E-state index contributed by atoms with van der Waals surface area (Å²) in [7, 11) is 0. The lowest BCUT2D eigenvalue weighted by molar-refractivity contribution is -0.137. The molecule has 3 heterocycles. The van der Waals surface area contributed by atoms with Crippen molar-refractivity contribution in [1.29, 1.82) is 0 Å². The molecule has 3 aliphatic rings. The maximum absolute atomic E-state index is 13.1. The minimum atomic E-state index is -4.41. The molecular formula is C26H41F3N4O2. The van der Waals surface area contributed by atoms with Crippen molar-refractivity contribution in [2.75, 3.05) is 44.3 Å². The van der Waals surface area contributed by atoms with E-state index in [0.717, 1.165) is 57.6 Å². The highest BCUT2D eigenvalue weighted by atomic mass is 19.4. The summed E-state index contributed by atoms with van der Waals surface area (Å²) in [6.07, 6.45) is 4.05. The van der Waals surface area contributed by atoms with Gasteiger partial charge in [0, 0.05) is 57.0 Å². The van der Waals surface area contributed by atoms with Crippen molar-refractivity contribution in [3.63, 3.8) is 0 Å². The van der Waals surface area contributed by atoms with Crippen molar-refractivity contribution in [3.8, 4) is 0 Å². The van der Waals surface area contributed by atoms with E-state index in [-0.39, 0.29) is 11.8 Å². The molecule has 0 aromatic carbocycles. The molecule has 3 fully saturated rings. The summed E-state index contributed by atoms with van der Waals surface area (Å²) in [6.45, 7) is 10.2. The number of carbonyl (C=O) groups is 1. The Morgan fingerprint density at radius 3 is 2.49 bits per heavy atom. The summed E-state index contributed by atoms with van der Waals surface area (Å²) in [5.74, 6) is 0.765. The normalized spacial score (nSPS) is 27.4. The second kappa shape index (κ2) is 12.9. The van der Waals surface area contributed by atoms with E-state index >= 15 is 0 Å². The fraction of sp³-hybridized carbons (Fsp3) is 0.769. The Hall–Kier alpha value is -1.87. The van der Waals surface area contributed by atoms with E-state index in [9.17, 15) is 18.0 Å². The number of alkyl halides is 3. The average Bonchev–Trinajstić information content (AvgIpc) is 3.32. The van der Waals surface area contributed by atoms with Crippen LogP contribution in [0.4, 0.5) is 18.9 Å². The standard InChI is InChI=1S/C23H33F3N4O2.C3H8/c1-2-16-15-32-10-5-21(16)28-19-4-3-17(11-19)22(31)30-8-6-29(7-9-30)20-12-18(13-27-14-20)23(24,25)26;1-3-2/h12-14,16-17,19,21,28H,2-11,15H2,1H3;3H2,1-2H3. The molecule has 198 valence electrons. The molecule has 1 saturated carbocycles. The molecule has 1 amide bonds. The molecule has 2 aliphatic heterocycles. The maximum Gasteiger partial charge on any atom is 0.417 e. The van der Waals surface area contributed by atoms with Gasteiger partial charge in [0.25, 0.3) is 0 Å². The summed E-state index contributed by atoms with van der Waals surface area (Å²) < 4.78 is 44.5. The number of amides is 1. The number of ether oxygens (including phenoxy) is 1. The number of nitrogens with one attached hydrogen (secondary N) is 1. The summed E-state index contributed by atoms with van der Waals surface area (Å²) in [4.78, 5) is 20.6. The Balaban J connectivity index is 0.00000108. The van der Waals surface area contributed by atoms with Crippen molar-refractivity contribution in [1.82, 2.24) is 15.2 Å². The van der Waals surface area contributed by atoms with Gasteiger partial charge in [-0.25, -0.2) is 0 Å². The first-order valence-corrected chi connectivity index (χ1v) is 13.2. The molecule has 0 spiro atoms. The minimum Gasteiger partial charge on any atom is -0.381 e. The Morgan fingerprint density at radius 1 is 1.11 bits per heavy atom. The fourth-order valence-corrected chi connectivity index (χ4v) is 5.28. The zero-order valence-corrected chi connectivity index (χ0v) is 21.3. The third kappa shape index (κ3) is 7.56. The molecule has 2 saturated heterocycles. The van der Waals surface area contributed by atoms with Gasteiger partial charge in [0.05, 0.1) is 24.1 Å². The first-order valence-electron chi connectivity index (χ1n) is 13.2. The van der Waals surface area contributed by atoms with E-state index in [1.807, 2.05) is 9.80 Å². The van der Waals surface area contributed by atoms with E-state index in [2.05, 4.69) is 31.1 Å². The quantitative estimate of drug-likeness (QED) is 0.636. The van der Waals surface area contributed by atoms with Crippen LogP contribution in [-0.2, 0) is 15.7 Å². The van der Waals surface area contributed by atoms with Crippen LogP contribution in [0.1, 0.15) is 64.9 Å². The average molecular weight is 499 g/mol. The highest BCUT2D eigenvalue weighted by Crippen LogP contribution is 2.32. The van der Waals surface area contributed by atoms with Crippen LogP contribution in [0.15, 0.2) is 18.5 Å². The van der Waals surface area contributed by atoms with Crippen LogP contribution >= 0.6 is 0 Å². The van der Waals surface area contributed by atoms with E-state index in [4.69, 9.17) is 4.74 Å². The second-order valence-electron chi connectivity index (χ2n) is 9.96. The van der Waals surface area contributed by atoms with E-state index in [1.54, 1.807) is 0 Å². The topological polar surface area (TPSA) is 57.7 Å². The number of hydrogen-bond acceptors (Lipinski definition) is 5. The van der Waals surface area contributed by atoms with Crippen molar-refractivity contribution < 1.29 is 22.7 Å². The summed E-state index contributed by atoms with van der Waals surface area (Å²) in [5.41, 5.74) is -0.285. The smallest absolute Gasteiger partial charge is 0.381 e. The Labute approximate surface area is 207 Å². The number of piperazine rings is 1. The van der Waals surface area contributed by atoms with Crippen molar-refractivity contribution in [2.45, 2.75) is 77.6 Å². The zero-order chi connectivity index (χ0) is 25.4. The van der Waals surface area contributed by atoms with Gasteiger partial charge in [0.15, 0.2) is 0 Å². The maximum atomic E-state index is 13.1. The molecule has 6 nitrogen and oxygen atoms in total. The lowest BCUT2D eigenvalue weighted by atomic mass is 9.92. The van der Waals surface area contributed by atoms with Crippen LogP contribution in [-0.4, -0.2) is 67.3 Å². The molecule has 0 radical (unpaired) electrons. The predicted molar refractivity (Wildman–Crippen MR) is 131 cm³/mol. The van der Waals surface area contributed by atoms with Crippen LogP contribution in [0.25, 0.3) is 0 Å². The summed E-state index contributed by atoms with van der Waals surface area (Å²) in [6, 6.07) is 1.98.